The molecular weight excluding hydrogens is 243 g/mol. The fourth-order valence-corrected chi connectivity index (χ4v) is 2.08. The molecule has 17 heavy (non-hydrogen) atoms. The van der Waals surface area contributed by atoms with Crippen LogP contribution in [0.15, 0.2) is 18.2 Å². The van der Waals surface area contributed by atoms with E-state index in [1.54, 1.807) is 6.07 Å². The molecule has 5 heteroatoms. The van der Waals surface area contributed by atoms with Crippen molar-refractivity contribution in [3.8, 4) is 0 Å². The molecule has 0 radical (unpaired) electrons. The van der Waals surface area contributed by atoms with E-state index in [0.717, 1.165) is 23.1 Å². The van der Waals surface area contributed by atoms with E-state index in [-0.39, 0.29) is 13.3 Å². The number of aromatic nitrogens is 2. The van der Waals surface area contributed by atoms with Crippen LogP contribution in [-0.2, 0) is 13.2 Å². The third kappa shape index (κ3) is 2.58. The zero-order valence-corrected chi connectivity index (χ0v) is 10.1. The number of hydrogen-bond acceptors (Lipinski definition) is 2. The number of halogens is 2. The van der Waals surface area contributed by atoms with Crippen molar-refractivity contribution in [3.63, 3.8) is 0 Å². The van der Waals surface area contributed by atoms with Gasteiger partial charge in [0.2, 0.25) is 0 Å². The Morgan fingerprint density at radius 2 is 2.18 bits per heavy atom. The highest BCUT2D eigenvalue weighted by molar-refractivity contribution is 6.29. The number of fused-ring (bicyclic) bond motifs is 1. The molecule has 92 valence electrons. The van der Waals surface area contributed by atoms with Crippen LogP contribution >= 0.6 is 11.6 Å². The number of aliphatic hydroxyl groups is 1. The molecule has 0 aliphatic heterocycles. The molecule has 0 aliphatic carbocycles. The molecule has 0 spiro atoms. The molecule has 0 amide bonds. The maximum absolute atomic E-state index is 12.1. The van der Waals surface area contributed by atoms with E-state index in [0.29, 0.717) is 18.1 Å². The lowest BCUT2D eigenvalue weighted by atomic mass is 10.3. The Bertz CT molecular complexity index is 512. The van der Waals surface area contributed by atoms with Gasteiger partial charge in [-0.25, -0.2) is 4.98 Å². The van der Waals surface area contributed by atoms with E-state index < -0.39 is 0 Å². The van der Waals surface area contributed by atoms with Crippen molar-refractivity contribution < 1.29 is 9.50 Å². The molecule has 0 atom stereocenters. The van der Waals surface area contributed by atoms with Gasteiger partial charge >= 0.3 is 0 Å². The SMILES string of the molecule is OCc1cc2nc(Cl)ccc2n1CCCCF. The number of rotatable bonds is 5. The highest BCUT2D eigenvalue weighted by atomic mass is 35.5. The molecule has 0 aliphatic rings. The molecule has 0 fully saturated rings. The first kappa shape index (κ1) is 12.3. The molecule has 3 nitrogen and oxygen atoms in total. The van der Waals surface area contributed by atoms with Crippen molar-refractivity contribution in [2.45, 2.75) is 26.0 Å². The van der Waals surface area contributed by atoms with Crippen LogP contribution in [0.25, 0.3) is 11.0 Å². The van der Waals surface area contributed by atoms with Crippen molar-refractivity contribution in [3.05, 3.63) is 29.0 Å². The van der Waals surface area contributed by atoms with Crippen LogP contribution in [-0.4, -0.2) is 21.3 Å². The minimum atomic E-state index is -0.308. The van der Waals surface area contributed by atoms with Gasteiger partial charge in [0.15, 0.2) is 0 Å². The highest BCUT2D eigenvalue weighted by Gasteiger charge is 2.09. The summed E-state index contributed by atoms with van der Waals surface area (Å²) in [6.07, 6.45) is 1.28. The third-order valence-corrected chi connectivity index (χ3v) is 2.95. The van der Waals surface area contributed by atoms with E-state index in [1.165, 1.54) is 0 Å². The first-order chi connectivity index (χ1) is 8.26. The van der Waals surface area contributed by atoms with Gasteiger partial charge in [-0.15, -0.1) is 0 Å². The van der Waals surface area contributed by atoms with Gasteiger partial charge in [0, 0.05) is 12.2 Å². The number of pyridine rings is 1. The van der Waals surface area contributed by atoms with E-state index in [9.17, 15) is 9.50 Å². The van der Waals surface area contributed by atoms with Gasteiger partial charge in [-0.05, 0) is 31.0 Å². The molecule has 2 aromatic rings. The second-order valence-electron chi connectivity index (χ2n) is 3.88. The third-order valence-electron chi connectivity index (χ3n) is 2.74. The van der Waals surface area contributed by atoms with Crippen molar-refractivity contribution in [1.29, 1.82) is 0 Å². The Labute approximate surface area is 104 Å². The van der Waals surface area contributed by atoms with Gasteiger partial charge in [0.25, 0.3) is 0 Å². The topological polar surface area (TPSA) is 38.1 Å². The van der Waals surface area contributed by atoms with Gasteiger partial charge in [-0.3, -0.25) is 4.39 Å². The molecule has 0 aromatic carbocycles. The summed E-state index contributed by atoms with van der Waals surface area (Å²) in [6.45, 7) is 0.327. The van der Waals surface area contributed by atoms with Gasteiger partial charge in [-0.1, -0.05) is 11.6 Å². The van der Waals surface area contributed by atoms with Gasteiger partial charge in [0.1, 0.15) is 5.15 Å². The fraction of sp³-hybridized carbons (Fsp3) is 0.417. The Morgan fingerprint density at radius 1 is 1.35 bits per heavy atom. The summed E-state index contributed by atoms with van der Waals surface area (Å²) in [5.74, 6) is 0. The quantitative estimate of drug-likeness (QED) is 0.660. The number of aliphatic hydroxyl groups excluding tert-OH is 1. The summed E-state index contributed by atoms with van der Waals surface area (Å²) < 4.78 is 14.0. The van der Waals surface area contributed by atoms with Crippen molar-refractivity contribution in [2.75, 3.05) is 6.67 Å². The van der Waals surface area contributed by atoms with Gasteiger partial charge in [-0.2, -0.15) is 0 Å². The normalized spacial score (nSPS) is 11.2. The molecule has 0 saturated carbocycles. The van der Waals surface area contributed by atoms with Gasteiger partial charge < -0.3 is 9.67 Å². The van der Waals surface area contributed by atoms with Crippen LogP contribution in [0.5, 0.6) is 0 Å². The predicted octanol–water partition coefficient (Wildman–Crippen LogP) is 2.93. The summed E-state index contributed by atoms with van der Waals surface area (Å²) in [5, 5.41) is 9.72. The highest BCUT2D eigenvalue weighted by Crippen LogP contribution is 2.21. The average Bonchev–Trinajstić information content (AvgIpc) is 2.67. The monoisotopic (exact) mass is 256 g/mol. The number of hydrogen-bond donors (Lipinski definition) is 1. The van der Waals surface area contributed by atoms with Crippen molar-refractivity contribution in [2.24, 2.45) is 0 Å². The smallest absolute Gasteiger partial charge is 0.129 e. The molecule has 2 rings (SSSR count). The maximum Gasteiger partial charge on any atom is 0.129 e. The Morgan fingerprint density at radius 3 is 2.88 bits per heavy atom. The minimum Gasteiger partial charge on any atom is -0.390 e. The van der Waals surface area contributed by atoms with Crippen LogP contribution < -0.4 is 0 Å². The number of alkyl halides is 1. The Kier molecular flexibility index (Phi) is 3.97. The van der Waals surface area contributed by atoms with Crippen LogP contribution in [0.1, 0.15) is 18.5 Å². The first-order valence-corrected chi connectivity index (χ1v) is 5.95. The summed E-state index contributed by atoms with van der Waals surface area (Å²) >= 11 is 5.82. The Hall–Kier alpha value is -1.13. The molecule has 2 aromatic heterocycles. The molecule has 0 unspecified atom stereocenters. The second-order valence-corrected chi connectivity index (χ2v) is 4.27. The summed E-state index contributed by atoms with van der Waals surface area (Å²) in [7, 11) is 0. The lowest BCUT2D eigenvalue weighted by Crippen LogP contribution is -2.03. The summed E-state index contributed by atoms with van der Waals surface area (Å²) in [4.78, 5) is 4.19. The van der Waals surface area contributed by atoms with E-state index in [1.807, 2.05) is 16.7 Å². The van der Waals surface area contributed by atoms with E-state index >= 15 is 0 Å². The zero-order valence-electron chi connectivity index (χ0n) is 9.37. The van der Waals surface area contributed by atoms with Gasteiger partial charge in [0.05, 0.1) is 24.3 Å². The molecule has 0 saturated heterocycles. The van der Waals surface area contributed by atoms with E-state index in [4.69, 9.17) is 11.6 Å². The number of nitrogens with zero attached hydrogens (tertiary/aromatic N) is 2. The summed E-state index contributed by atoms with van der Waals surface area (Å²) in [5.41, 5.74) is 2.48. The zero-order chi connectivity index (χ0) is 12.3. The average molecular weight is 257 g/mol. The van der Waals surface area contributed by atoms with Crippen LogP contribution in [0.2, 0.25) is 5.15 Å². The maximum atomic E-state index is 12.1. The van der Waals surface area contributed by atoms with Crippen LogP contribution in [0.4, 0.5) is 4.39 Å². The molecule has 1 N–H and O–H groups in total. The summed E-state index contributed by atoms with van der Waals surface area (Å²) in [6, 6.07) is 5.41. The van der Waals surface area contributed by atoms with Crippen LogP contribution in [0, 0.1) is 0 Å². The fourth-order valence-electron chi connectivity index (χ4n) is 1.93. The first-order valence-electron chi connectivity index (χ1n) is 5.57. The van der Waals surface area contributed by atoms with E-state index in [2.05, 4.69) is 4.98 Å². The van der Waals surface area contributed by atoms with Crippen molar-refractivity contribution >= 4 is 22.6 Å². The number of aryl methyl sites for hydroxylation is 1. The molecule has 2 heterocycles. The second kappa shape index (κ2) is 5.47. The lowest BCUT2D eigenvalue weighted by Gasteiger charge is -2.08. The van der Waals surface area contributed by atoms with Crippen LogP contribution in [0.3, 0.4) is 0 Å². The number of unbranched alkanes of at least 4 members (excludes halogenated alkanes) is 1. The predicted molar refractivity (Wildman–Crippen MR) is 65.9 cm³/mol. The van der Waals surface area contributed by atoms with Crippen molar-refractivity contribution in [1.82, 2.24) is 9.55 Å². The lowest BCUT2D eigenvalue weighted by molar-refractivity contribution is 0.270. The largest absolute Gasteiger partial charge is 0.390 e. The Balaban J connectivity index is 2.36. The molecule has 0 bridgehead atoms. The standard InChI is InChI=1S/C12H14ClFN2O/c13-12-4-3-11-10(15-12)7-9(8-17)16(11)6-2-1-5-14/h3-4,7,17H,1-2,5-6,8H2. The molecular formula is C12H14ClFN2O. The minimum absolute atomic E-state index is 0.0520.